The highest BCUT2D eigenvalue weighted by Crippen LogP contribution is 2.25. The Morgan fingerprint density at radius 1 is 1.23 bits per heavy atom. The summed E-state index contributed by atoms with van der Waals surface area (Å²) >= 11 is 6.15. The largest absolute Gasteiger partial charge is 0.457 e. The molecule has 9 heteroatoms. The highest BCUT2D eigenvalue weighted by Gasteiger charge is 2.16. The number of halogens is 1. The van der Waals surface area contributed by atoms with Crippen LogP contribution in [0.4, 0.5) is 0 Å². The maximum Gasteiger partial charge on any atom is 0.338 e. The molecule has 0 radical (unpaired) electrons. The minimum Gasteiger partial charge on any atom is -0.457 e. The van der Waals surface area contributed by atoms with Crippen LogP contribution in [0.3, 0.4) is 0 Å². The fourth-order valence-corrected chi connectivity index (χ4v) is 3.78. The van der Waals surface area contributed by atoms with Crippen molar-refractivity contribution in [1.82, 2.24) is 4.72 Å². The van der Waals surface area contributed by atoms with Crippen molar-refractivity contribution >= 4 is 38.6 Å². The molecule has 0 amide bonds. The van der Waals surface area contributed by atoms with Gasteiger partial charge in [-0.3, -0.25) is 0 Å². The molecule has 0 unspecified atom stereocenters. The second-order valence-electron chi connectivity index (χ2n) is 6.32. The van der Waals surface area contributed by atoms with E-state index in [9.17, 15) is 18.0 Å². The predicted molar refractivity (Wildman–Crippen MR) is 112 cm³/mol. The van der Waals surface area contributed by atoms with Crippen LogP contribution < -0.4 is 10.3 Å². The lowest BCUT2D eigenvalue weighted by atomic mass is 10.1. The number of hydrogen-bond donors (Lipinski definition) is 1. The van der Waals surface area contributed by atoms with Gasteiger partial charge in [-0.05, 0) is 48.9 Å². The van der Waals surface area contributed by atoms with Gasteiger partial charge in [-0.2, -0.15) is 4.72 Å². The lowest BCUT2D eigenvalue weighted by Gasteiger charge is -2.09. The van der Waals surface area contributed by atoms with E-state index in [1.807, 2.05) is 0 Å². The molecule has 30 heavy (non-hydrogen) atoms. The van der Waals surface area contributed by atoms with Crippen LogP contribution >= 0.6 is 11.6 Å². The molecule has 0 atom stereocenters. The number of carbonyl (C=O) groups excluding carboxylic acids is 1. The first-order valence-electron chi connectivity index (χ1n) is 8.64. The maximum atomic E-state index is 12.4. The normalized spacial score (nSPS) is 11.2. The number of aryl methyl sites for hydroxylation is 1. The zero-order valence-corrected chi connectivity index (χ0v) is 17.3. The van der Waals surface area contributed by atoms with Crippen molar-refractivity contribution in [2.45, 2.75) is 18.4 Å². The lowest BCUT2D eigenvalue weighted by molar-refractivity contribution is 0.0473. The molecule has 1 N–H and O–H groups in total. The molecule has 1 heterocycles. The Hall–Kier alpha value is -3.12. The van der Waals surface area contributed by atoms with Gasteiger partial charge in [0.25, 0.3) is 0 Å². The molecule has 3 aromatic rings. The van der Waals surface area contributed by atoms with Gasteiger partial charge in [0.1, 0.15) is 12.2 Å². The number of fused-ring (bicyclic) bond motifs is 1. The average Bonchev–Trinajstić information content (AvgIpc) is 2.71. The fourth-order valence-electron chi connectivity index (χ4n) is 2.68. The van der Waals surface area contributed by atoms with E-state index in [1.54, 1.807) is 19.1 Å². The topological polar surface area (TPSA) is 103 Å². The molecule has 0 saturated heterocycles. The molecule has 7 nitrogen and oxygen atoms in total. The summed E-state index contributed by atoms with van der Waals surface area (Å²) in [6.45, 7) is 1.44. The number of benzene rings is 2. The Morgan fingerprint density at radius 3 is 2.60 bits per heavy atom. The van der Waals surface area contributed by atoms with Crippen LogP contribution in [0.1, 0.15) is 21.5 Å². The van der Waals surface area contributed by atoms with Crippen LogP contribution in [0.5, 0.6) is 0 Å². The van der Waals surface area contributed by atoms with Crippen molar-refractivity contribution in [3.63, 3.8) is 0 Å². The Kier molecular flexibility index (Phi) is 6.27. The summed E-state index contributed by atoms with van der Waals surface area (Å²) in [5.74, 6) is 1.49. The Bertz CT molecular complexity index is 1320. The van der Waals surface area contributed by atoms with Crippen molar-refractivity contribution < 1.29 is 22.4 Å². The third-order valence-corrected chi connectivity index (χ3v) is 6.06. The minimum atomic E-state index is -3.76. The average molecular weight is 446 g/mol. The van der Waals surface area contributed by atoms with Crippen molar-refractivity contribution in [3.8, 4) is 12.3 Å². The van der Waals surface area contributed by atoms with Crippen molar-refractivity contribution in [1.29, 1.82) is 0 Å². The summed E-state index contributed by atoms with van der Waals surface area (Å²) < 4.78 is 36.7. The monoisotopic (exact) mass is 445 g/mol. The molecule has 154 valence electrons. The lowest BCUT2D eigenvalue weighted by Crippen LogP contribution is -2.23. The summed E-state index contributed by atoms with van der Waals surface area (Å²) in [6, 6.07) is 9.69. The first-order valence-corrected chi connectivity index (χ1v) is 10.5. The van der Waals surface area contributed by atoms with Gasteiger partial charge < -0.3 is 9.15 Å². The molecule has 0 aliphatic rings. The standard InChI is InChI=1S/C21H16ClNO6S/c1-3-8-23-30(26,27)16-6-4-14(5-7-16)21(25)28-12-15-10-20(24)29-19-9-13(2)18(22)11-17(15)19/h1,4-7,9-11,23H,8,12H2,2H3. The summed E-state index contributed by atoms with van der Waals surface area (Å²) in [7, 11) is -3.76. The third-order valence-electron chi connectivity index (χ3n) is 4.23. The first-order chi connectivity index (χ1) is 14.2. The van der Waals surface area contributed by atoms with Crippen LogP contribution in [0, 0.1) is 19.3 Å². The number of hydrogen-bond acceptors (Lipinski definition) is 6. The van der Waals surface area contributed by atoms with Gasteiger partial charge in [0.05, 0.1) is 17.0 Å². The van der Waals surface area contributed by atoms with Crippen molar-refractivity contribution in [2.75, 3.05) is 6.54 Å². The van der Waals surface area contributed by atoms with E-state index in [4.69, 9.17) is 27.2 Å². The molecule has 0 fully saturated rings. The number of nitrogens with one attached hydrogen (secondary N) is 1. The van der Waals surface area contributed by atoms with Crippen molar-refractivity contribution in [3.05, 3.63) is 74.6 Å². The van der Waals surface area contributed by atoms with Gasteiger partial charge in [0, 0.05) is 22.0 Å². The third kappa shape index (κ3) is 4.71. The zero-order chi connectivity index (χ0) is 21.9. The van der Waals surface area contributed by atoms with Gasteiger partial charge in [0.15, 0.2) is 0 Å². The van der Waals surface area contributed by atoms with Crippen LogP contribution in [0.15, 0.2) is 56.6 Å². The molecule has 0 saturated carbocycles. The van der Waals surface area contributed by atoms with Gasteiger partial charge >= 0.3 is 11.6 Å². The SMILES string of the molecule is C#CCNS(=O)(=O)c1ccc(C(=O)OCc2cc(=O)oc3cc(C)c(Cl)cc23)cc1. The Morgan fingerprint density at radius 2 is 1.93 bits per heavy atom. The minimum absolute atomic E-state index is 0.0361. The van der Waals surface area contributed by atoms with E-state index >= 15 is 0 Å². The molecular formula is C21H16ClNO6S. The zero-order valence-electron chi connectivity index (χ0n) is 15.8. The number of carbonyl (C=O) groups is 1. The van der Waals surface area contributed by atoms with Gasteiger partial charge in [-0.25, -0.2) is 18.0 Å². The second kappa shape index (κ2) is 8.71. The second-order valence-corrected chi connectivity index (χ2v) is 8.49. The highest BCUT2D eigenvalue weighted by atomic mass is 35.5. The quantitative estimate of drug-likeness (QED) is 0.355. The highest BCUT2D eigenvalue weighted by molar-refractivity contribution is 7.89. The molecule has 1 aromatic heterocycles. The van der Waals surface area contributed by atoms with E-state index < -0.39 is 21.6 Å². The van der Waals surface area contributed by atoms with Gasteiger partial charge in [-0.15, -0.1) is 6.42 Å². The van der Waals surface area contributed by atoms with Gasteiger partial charge in [-0.1, -0.05) is 17.5 Å². The van der Waals surface area contributed by atoms with E-state index in [1.165, 1.54) is 30.3 Å². The summed E-state index contributed by atoms with van der Waals surface area (Å²) in [5, 5.41) is 1.04. The van der Waals surface area contributed by atoms with E-state index in [-0.39, 0.29) is 23.6 Å². The van der Waals surface area contributed by atoms with Crippen LogP contribution in [-0.2, 0) is 21.4 Å². The number of ether oxygens (including phenoxy) is 1. The smallest absolute Gasteiger partial charge is 0.338 e. The fraction of sp³-hybridized carbons (Fsp3) is 0.143. The summed E-state index contributed by atoms with van der Waals surface area (Å²) in [4.78, 5) is 24.1. The Balaban J connectivity index is 1.79. The van der Waals surface area contributed by atoms with Crippen LogP contribution in [-0.4, -0.2) is 20.9 Å². The molecule has 0 aliphatic heterocycles. The number of esters is 1. The van der Waals surface area contributed by atoms with Gasteiger partial charge in [0.2, 0.25) is 10.0 Å². The molecule has 0 spiro atoms. The van der Waals surface area contributed by atoms with Crippen molar-refractivity contribution in [2.24, 2.45) is 0 Å². The van der Waals surface area contributed by atoms with E-state index in [0.717, 1.165) is 5.56 Å². The van der Waals surface area contributed by atoms with E-state index in [0.29, 0.717) is 21.6 Å². The molecular weight excluding hydrogens is 430 g/mol. The first kappa shape index (κ1) is 21.6. The molecule has 2 aromatic carbocycles. The summed E-state index contributed by atoms with van der Waals surface area (Å²) in [5.41, 5.74) is 1.09. The maximum absolute atomic E-state index is 12.4. The van der Waals surface area contributed by atoms with Crippen LogP contribution in [0.2, 0.25) is 5.02 Å². The van der Waals surface area contributed by atoms with E-state index in [2.05, 4.69) is 10.6 Å². The number of sulfonamides is 1. The number of rotatable bonds is 6. The Labute approximate surface area is 177 Å². The molecule has 3 rings (SSSR count). The predicted octanol–water partition coefficient (Wildman–Crippen LogP) is 3.02. The summed E-state index contributed by atoms with van der Waals surface area (Å²) in [6.07, 6.45) is 5.05. The number of terminal acetylenes is 1. The molecule has 0 aliphatic carbocycles. The molecule has 0 bridgehead atoms. The van der Waals surface area contributed by atoms with Crippen LogP contribution in [0.25, 0.3) is 11.0 Å².